The van der Waals surface area contributed by atoms with Gasteiger partial charge in [-0.05, 0) is 51.1 Å². The smallest absolute Gasteiger partial charge is 0.132 e. The Bertz CT molecular complexity index is 381. The van der Waals surface area contributed by atoms with Gasteiger partial charge in [0.15, 0.2) is 0 Å². The first kappa shape index (κ1) is 11.9. The highest BCUT2D eigenvalue weighted by Crippen LogP contribution is 2.20. The number of hydrogen-bond acceptors (Lipinski definition) is 4. The molecule has 0 unspecified atom stereocenters. The molecule has 3 heterocycles. The molecule has 0 spiro atoms. The summed E-state index contributed by atoms with van der Waals surface area (Å²) in [5.74, 6) is 1.88. The second kappa shape index (κ2) is 5.65. The van der Waals surface area contributed by atoms with Crippen molar-refractivity contribution < 1.29 is 0 Å². The fourth-order valence-electron chi connectivity index (χ4n) is 3.01. The van der Waals surface area contributed by atoms with Crippen molar-refractivity contribution in [3.05, 3.63) is 18.1 Å². The van der Waals surface area contributed by atoms with Gasteiger partial charge in [-0.2, -0.15) is 0 Å². The van der Waals surface area contributed by atoms with E-state index in [0.29, 0.717) is 0 Å². The number of aromatic nitrogens is 2. The monoisotopic (exact) mass is 246 g/mol. The van der Waals surface area contributed by atoms with E-state index in [9.17, 15) is 0 Å². The SMILES string of the molecule is c1nc(C[C@H]2CCCNC2)cc(N2CCCC2)n1. The molecule has 98 valence electrons. The average molecular weight is 246 g/mol. The summed E-state index contributed by atoms with van der Waals surface area (Å²) in [7, 11) is 0. The van der Waals surface area contributed by atoms with Gasteiger partial charge in [0.05, 0.1) is 0 Å². The van der Waals surface area contributed by atoms with Gasteiger partial charge in [0.25, 0.3) is 0 Å². The Morgan fingerprint density at radius 1 is 1.22 bits per heavy atom. The van der Waals surface area contributed by atoms with Gasteiger partial charge in [-0.1, -0.05) is 0 Å². The molecule has 18 heavy (non-hydrogen) atoms. The summed E-state index contributed by atoms with van der Waals surface area (Å²) >= 11 is 0. The molecule has 1 aromatic heterocycles. The first-order valence-corrected chi connectivity index (χ1v) is 7.18. The standard InChI is InChI=1S/C14H22N4/c1-2-7-18(6-1)14-9-13(16-11-17-14)8-12-4-3-5-15-10-12/h9,11-12,15H,1-8,10H2/t12-/m1/s1. The van der Waals surface area contributed by atoms with Crippen LogP contribution in [-0.4, -0.2) is 36.1 Å². The third-order valence-electron chi connectivity index (χ3n) is 4.04. The van der Waals surface area contributed by atoms with Crippen molar-refractivity contribution in [1.82, 2.24) is 15.3 Å². The van der Waals surface area contributed by atoms with Gasteiger partial charge < -0.3 is 10.2 Å². The highest BCUT2D eigenvalue weighted by atomic mass is 15.2. The van der Waals surface area contributed by atoms with Gasteiger partial charge in [0.1, 0.15) is 12.1 Å². The van der Waals surface area contributed by atoms with Crippen LogP contribution < -0.4 is 10.2 Å². The van der Waals surface area contributed by atoms with Crippen LogP contribution in [0.2, 0.25) is 0 Å². The Balaban J connectivity index is 1.66. The quantitative estimate of drug-likeness (QED) is 0.880. The molecule has 1 N–H and O–H groups in total. The van der Waals surface area contributed by atoms with Gasteiger partial charge >= 0.3 is 0 Å². The molecule has 0 saturated carbocycles. The van der Waals surface area contributed by atoms with E-state index in [0.717, 1.165) is 37.8 Å². The van der Waals surface area contributed by atoms with E-state index in [2.05, 4.69) is 26.3 Å². The molecule has 1 atom stereocenters. The van der Waals surface area contributed by atoms with E-state index < -0.39 is 0 Å². The minimum atomic E-state index is 0.750. The minimum Gasteiger partial charge on any atom is -0.357 e. The molecule has 2 aliphatic heterocycles. The van der Waals surface area contributed by atoms with Crippen LogP contribution in [0.1, 0.15) is 31.4 Å². The van der Waals surface area contributed by atoms with Crippen molar-refractivity contribution in [1.29, 1.82) is 0 Å². The Labute approximate surface area is 109 Å². The second-order valence-electron chi connectivity index (χ2n) is 5.48. The summed E-state index contributed by atoms with van der Waals surface area (Å²) in [6.07, 6.45) is 8.05. The van der Waals surface area contributed by atoms with E-state index in [1.165, 1.54) is 37.9 Å². The maximum Gasteiger partial charge on any atom is 0.132 e. The summed E-state index contributed by atoms with van der Waals surface area (Å²) in [5, 5.41) is 3.47. The third-order valence-corrected chi connectivity index (χ3v) is 4.04. The summed E-state index contributed by atoms with van der Waals surface area (Å²) < 4.78 is 0. The van der Waals surface area contributed by atoms with Crippen molar-refractivity contribution in [3.63, 3.8) is 0 Å². The lowest BCUT2D eigenvalue weighted by molar-refractivity contribution is 0.373. The summed E-state index contributed by atoms with van der Waals surface area (Å²) in [6.45, 7) is 4.63. The lowest BCUT2D eigenvalue weighted by Gasteiger charge is -2.23. The van der Waals surface area contributed by atoms with Gasteiger partial charge in [-0.25, -0.2) is 9.97 Å². The summed E-state index contributed by atoms with van der Waals surface area (Å²) in [5.41, 5.74) is 1.21. The van der Waals surface area contributed by atoms with Crippen LogP contribution >= 0.6 is 0 Å². The number of rotatable bonds is 3. The Morgan fingerprint density at radius 2 is 2.11 bits per heavy atom. The first-order valence-electron chi connectivity index (χ1n) is 7.18. The van der Waals surface area contributed by atoms with Crippen LogP contribution in [-0.2, 0) is 6.42 Å². The summed E-state index contributed by atoms with van der Waals surface area (Å²) in [6, 6.07) is 2.19. The molecule has 0 bridgehead atoms. The predicted molar refractivity (Wildman–Crippen MR) is 72.8 cm³/mol. The average Bonchev–Trinajstić information content (AvgIpc) is 2.94. The highest BCUT2D eigenvalue weighted by molar-refractivity contribution is 5.39. The number of piperidine rings is 1. The van der Waals surface area contributed by atoms with E-state index in [-0.39, 0.29) is 0 Å². The number of anilines is 1. The number of nitrogens with one attached hydrogen (secondary N) is 1. The molecule has 0 aliphatic carbocycles. The molecule has 4 nitrogen and oxygen atoms in total. The van der Waals surface area contributed by atoms with Crippen LogP contribution in [0.4, 0.5) is 5.82 Å². The van der Waals surface area contributed by atoms with E-state index in [1.54, 1.807) is 6.33 Å². The van der Waals surface area contributed by atoms with Crippen LogP contribution in [0, 0.1) is 5.92 Å². The maximum absolute atomic E-state index is 4.44. The largest absolute Gasteiger partial charge is 0.357 e. The van der Waals surface area contributed by atoms with E-state index >= 15 is 0 Å². The van der Waals surface area contributed by atoms with E-state index in [4.69, 9.17) is 0 Å². The highest BCUT2D eigenvalue weighted by Gasteiger charge is 2.17. The molecule has 0 aromatic carbocycles. The van der Waals surface area contributed by atoms with Gasteiger partial charge in [-0.15, -0.1) is 0 Å². The van der Waals surface area contributed by atoms with Crippen molar-refractivity contribution in [2.45, 2.75) is 32.1 Å². The fraction of sp³-hybridized carbons (Fsp3) is 0.714. The second-order valence-corrected chi connectivity index (χ2v) is 5.48. The molecule has 0 radical (unpaired) electrons. The molecule has 4 heteroatoms. The van der Waals surface area contributed by atoms with E-state index in [1.807, 2.05) is 0 Å². The van der Waals surface area contributed by atoms with Gasteiger partial charge in [0, 0.05) is 24.8 Å². The zero-order valence-electron chi connectivity index (χ0n) is 10.9. The van der Waals surface area contributed by atoms with Crippen LogP contribution in [0.25, 0.3) is 0 Å². The van der Waals surface area contributed by atoms with Gasteiger partial charge in [-0.3, -0.25) is 0 Å². The lowest BCUT2D eigenvalue weighted by atomic mass is 9.94. The lowest BCUT2D eigenvalue weighted by Crippen LogP contribution is -2.31. The van der Waals surface area contributed by atoms with Crippen LogP contribution in [0.5, 0.6) is 0 Å². The van der Waals surface area contributed by atoms with Crippen molar-refractivity contribution in [2.75, 3.05) is 31.1 Å². The summed E-state index contributed by atoms with van der Waals surface area (Å²) in [4.78, 5) is 11.2. The molecular weight excluding hydrogens is 224 g/mol. The molecule has 3 rings (SSSR count). The van der Waals surface area contributed by atoms with Crippen molar-refractivity contribution in [3.8, 4) is 0 Å². The van der Waals surface area contributed by atoms with Crippen LogP contribution in [0.15, 0.2) is 12.4 Å². The minimum absolute atomic E-state index is 0.750. The molecular formula is C14H22N4. The fourth-order valence-corrected chi connectivity index (χ4v) is 3.01. The molecule has 2 aliphatic rings. The molecule has 0 amide bonds. The normalized spacial score (nSPS) is 24.4. The van der Waals surface area contributed by atoms with Gasteiger partial charge in [0.2, 0.25) is 0 Å². The van der Waals surface area contributed by atoms with Crippen molar-refractivity contribution >= 4 is 5.82 Å². The predicted octanol–water partition coefficient (Wildman–Crippen LogP) is 1.62. The Hall–Kier alpha value is -1.16. The molecule has 2 saturated heterocycles. The number of hydrogen-bond donors (Lipinski definition) is 1. The van der Waals surface area contributed by atoms with Crippen molar-refractivity contribution in [2.24, 2.45) is 5.92 Å². The third kappa shape index (κ3) is 2.80. The maximum atomic E-state index is 4.44. The van der Waals surface area contributed by atoms with Crippen LogP contribution in [0.3, 0.4) is 0 Å². The zero-order chi connectivity index (χ0) is 12.2. The first-order chi connectivity index (χ1) is 8.92. The zero-order valence-corrected chi connectivity index (χ0v) is 10.9. The topological polar surface area (TPSA) is 41.1 Å². The number of nitrogens with zero attached hydrogens (tertiary/aromatic N) is 3. The molecule has 1 aromatic rings. The molecule has 2 fully saturated rings. The Kier molecular flexibility index (Phi) is 3.74. The Morgan fingerprint density at radius 3 is 2.89 bits per heavy atom.